The summed E-state index contributed by atoms with van der Waals surface area (Å²) >= 11 is 0. The highest BCUT2D eigenvalue weighted by Crippen LogP contribution is 2.17. The largest absolute Gasteiger partial charge is 0.462 e. The molecule has 6 heteroatoms. The van der Waals surface area contributed by atoms with Gasteiger partial charge in [-0.25, -0.2) is 0 Å². The maximum absolute atomic E-state index is 12.7. The predicted molar refractivity (Wildman–Crippen MR) is 252 cm³/mol. The van der Waals surface area contributed by atoms with Crippen LogP contribution in [0.3, 0.4) is 0 Å². The van der Waals surface area contributed by atoms with Gasteiger partial charge in [-0.15, -0.1) is 0 Å². The monoisotopic (exact) mass is 835 g/mol. The molecular formula is C53H102O6. The number of hydrogen-bond donors (Lipinski definition) is 0. The van der Waals surface area contributed by atoms with Crippen molar-refractivity contribution in [1.29, 1.82) is 0 Å². The summed E-state index contributed by atoms with van der Waals surface area (Å²) in [6.45, 7) is 6.67. The van der Waals surface area contributed by atoms with Crippen LogP contribution in [-0.2, 0) is 28.6 Å². The molecule has 0 saturated heterocycles. The molecular weight excluding hydrogens is 733 g/mol. The number of ether oxygens (including phenoxy) is 3. The molecule has 1 atom stereocenters. The zero-order valence-electron chi connectivity index (χ0n) is 40.1. The lowest BCUT2D eigenvalue weighted by Gasteiger charge is -2.18. The summed E-state index contributed by atoms with van der Waals surface area (Å²) in [5.74, 6) is -0.842. The van der Waals surface area contributed by atoms with Crippen LogP contribution in [0.15, 0.2) is 0 Å². The third kappa shape index (κ3) is 47.3. The quantitative estimate of drug-likeness (QED) is 0.0345. The van der Waals surface area contributed by atoms with E-state index in [9.17, 15) is 14.4 Å². The Hall–Kier alpha value is -1.59. The standard InChI is InChI=1S/C53H102O6/c1-4-7-10-13-16-19-22-23-24-25-26-27-28-29-32-34-37-40-43-46-52(55)58-49-50(59-53(56)47-44-41-38-35-31-21-18-15-12-9-6-3)48-57-51(54)45-42-39-36-33-30-20-17-14-11-8-5-2/h50H,4-49H2,1-3H3. The summed E-state index contributed by atoms with van der Waals surface area (Å²) in [5, 5.41) is 0. The number of hydrogen-bond acceptors (Lipinski definition) is 6. The van der Waals surface area contributed by atoms with Crippen LogP contribution in [0.5, 0.6) is 0 Å². The second kappa shape index (κ2) is 49.1. The number of carbonyl (C=O) groups excluding carboxylic acids is 3. The van der Waals surface area contributed by atoms with Gasteiger partial charge in [-0.1, -0.05) is 265 Å². The van der Waals surface area contributed by atoms with Crippen molar-refractivity contribution < 1.29 is 28.6 Å². The van der Waals surface area contributed by atoms with Gasteiger partial charge in [0.25, 0.3) is 0 Å². The highest BCUT2D eigenvalue weighted by molar-refractivity contribution is 5.71. The third-order valence-corrected chi connectivity index (χ3v) is 12.1. The number of unbranched alkanes of at least 4 members (excludes halogenated alkanes) is 38. The number of rotatable bonds is 49. The SMILES string of the molecule is CCCCCCCCCCCCCCCCCCCCCC(=O)OCC(COC(=O)CCCCCCCCCCCCC)OC(=O)CCCCCCCCCCCCC. The molecule has 0 amide bonds. The predicted octanol–water partition coefficient (Wildman–Crippen LogP) is 17.2. The molecule has 0 aliphatic heterocycles. The van der Waals surface area contributed by atoms with E-state index in [1.54, 1.807) is 0 Å². The van der Waals surface area contributed by atoms with Crippen molar-refractivity contribution in [3.05, 3.63) is 0 Å². The first-order valence-corrected chi connectivity index (χ1v) is 26.5. The van der Waals surface area contributed by atoms with E-state index in [4.69, 9.17) is 14.2 Å². The van der Waals surface area contributed by atoms with Gasteiger partial charge < -0.3 is 14.2 Å². The van der Waals surface area contributed by atoms with Gasteiger partial charge in [0.1, 0.15) is 13.2 Å². The second-order valence-corrected chi connectivity index (χ2v) is 18.2. The van der Waals surface area contributed by atoms with Crippen molar-refractivity contribution in [2.24, 2.45) is 0 Å². The lowest BCUT2D eigenvalue weighted by atomic mass is 10.0. The molecule has 0 saturated carbocycles. The fourth-order valence-corrected chi connectivity index (χ4v) is 8.09. The van der Waals surface area contributed by atoms with Crippen LogP contribution in [-0.4, -0.2) is 37.2 Å². The lowest BCUT2D eigenvalue weighted by molar-refractivity contribution is -0.167. The van der Waals surface area contributed by atoms with E-state index in [0.717, 1.165) is 57.8 Å². The highest BCUT2D eigenvalue weighted by Gasteiger charge is 2.19. The van der Waals surface area contributed by atoms with Crippen molar-refractivity contribution in [1.82, 2.24) is 0 Å². The fraction of sp³-hybridized carbons (Fsp3) is 0.943. The van der Waals surface area contributed by atoms with Crippen LogP contribution in [0.1, 0.15) is 303 Å². The van der Waals surface area contributed by atoms with E-state index >= 15 is 0 Å². The Balaban J connectivity index is 4.21. The summed E-state index contributed by atoms with van der Waals surface area (Å²) in [7, 11) is 0. The Kier molecular flexibility index (Phi) is 47.7. The summed E-state index contributed by atoms with van der Waals surface area (Å²) in [4.78, 5) is 37.9. The van der Waals surface area contributed by atoms with Crippen molar-refractivity contribution in [2.45, 2.75) is 309 Å². The minimum atomic E-state index is -0.759. The van der Waals surface area contributed by atoms with E-state index in [-0.39, 0.29) is 31.1 Å². The van der Waals surface area contributed by atoms with E-state index in [0.29, 0.717) is 19.3 Å². The third-order valence-electron chi connectivity index (χ3n) is 12.1. The minimum absolute atomic E-state index is 0.0618. The summed E-state index contributed by atoms with van der Waals surface area (Å²) in [5.41, 5.74) is 0. The van der Waals surface area contributed by atoms with E-state index in [1.807, 2.05) is 0 Å². The molecule has 0 rings (SSSR count). The molecule has 59 heavy (non-hydrogen) atoms. The van der Waals surface area contributed by atoms with Crippen molar-refractivity contribution >= 4 is 17.9 Å². The van der Waals surface area contributed by atoms with Crippen LogP contribution in [0, 0.1) is 0 Å². The fourth-order valence-electron chi connectivity index (χ4n) is 8.09. The molecule has 0 spiro atoms. The lowest BCUT2D eigenvalue weighted by Crippen LogP contribution is -2.30. The first kappa shape index (κ1) is 57.4. The topological polar surface area (TPSA) is 78.9 Å². The average molecular weight is 835 g/mol. The van der Waals surface area contributed by atoms with Gasteiger partial charge in [0.2, 0.25) is 0 Å². The molecule has 0 bridgehead atoms. The Morgan fingerprint density at radius 3 is 0.678 bits per heavy atom. The molecule has 0 aliphatic rings. The molecule has 0 radical (unpaired) electrons. The average Bonchev–Trinajstić information content (AvgIpc) is 3.23. The maximum atomic E-state index is 12.7. The second-order valence-electron chi connectivity index (χ2n) is 18.2. The first-order chi connectivity index (χ1) is 29.0. The molecule has 0 N–H and O–H groups in total. The van der Waals surface area contributed by atoms with Gasteiger partial charge >= 0.3 is 17.9 Å². The molecule has 0 aromatic heterocycles. The van der Waals surface area contributed by atoms with Crippen LogP contribution in [0.4, 0.5) is 0 Å². The Morgan fingerprint density at radius 1 is 0.271 bits per heavy atom. The Bertz CT molecular complexity index is 874. The maximum Gasteiger partial charge on any atom is 0.306 e. The van der Waals surface area contributed by atoms with Crippen molar-refractivity contribution in [3.8, 4) is 0 Å². The molecule has 1 unspecified atom stereocenters. The van der Waals surface area contributed by atoms with Gasteiger partial charge in [-0.3, -0.25) is 14.4 Å². The molecule has 0 heterocycles. The summed E-state index contributed by atoms with van der Waals surface area (Å²) < 4.78 is 16.8. The van der Waals surface area contributed by atoms with Crippen LogP contribution in [0.25, 0.3) is 0 Å². The first-order valence-electron chi connectivity index (χ1n) is 26.5. The molecule has 0 aromatic carbocycles. The van der Waals surface area contributed by atoms with Crippen LogP contribution < -0.4 is 0 Å². The normalized spacial score (nSPS) is 11.8. The zero-order chi connectivity index (χ0) is 43.0. The Morgan fingerprint density at radius 2 is 0.458 bits per heavy atom. The molecule has 350 valence electrons. The molecule has 0 fully saturated rings. The number of carbonyl (C=O) groups is 3. The van der Waals surface area contributed by atoms with Gasteiger partial charge in [-0.05, 0) is 19.3 Å². The van der Waals surface area contributed by atoms with E-state index in [1.165, 1.54) is 205 Å². The smallest absolute Gasteiger partial charge is 0.306 e. The molecule has 0 aliphatic carbocycles. The van der Waals surface area contributed by atoms with Crippen molar-refractivity contribution in [2.75, 3.05) is 13.2 Å². The highest BCUT2D eigenvalue weighted by atomic mass is 16.6. The zero-order valence-corrected chi connectivity index (χ0v) is 40.1. The van der Waals surface area contributed by atoms with Gasteiger partial charge in [0.15, 0.2) is 6.10 Å². The molecule has 6 nitrogen and oxygen atoms in total. The van der Waals surface area contributed by atoms with Crippen molar-refractivity contribution in [3.63, 3.8) is 0 Å². The molecule has 0 aromatic rings. The van der Waals surface area contributed by atoms with E-state index < -0.39 is 6.10 Å². The Labute approximate surface area is 368 Å². The van der Waals surface area contributed by atoms with Gasteiger partial charge in [-0.2, -0.15) is 0 Å². The van der Waals surface area contributed by atoms with E-state index in [2.05, 4.69) is 20.8 Å². The summed E-state index contributed by atoms with van der Waals surface area (Å²) in [6.07, 6.45) is 52.3. The van der Waals surface area contributed by atoms with Gasteiger partial charge in [0.05, 0.1) is 0 Å². The number of esters is 3. The van der Waals surface area contributed by atoms with Gasteiger partial charge in [0, 0.05) is 19.3 Å². The van der Waals surface area contributed by atoms with Crippen LogP contribution in [0.2, 0.25) is 0 Å². The summed E-state index contributed by atoms with van der Waals surface area (Å²) in [6, 6.07) is 0. The van der Waals surface area contributed by atoms with Crippen LogP contribution >= 0.6 is 0 Å². The minimum Gasteiger partial charge on any atom is -0.462 e.